The molecule has 0 saturated carbocycles. The van der Waals surface area contributed by atoms with Gasteiger partial charge in [0.25, 0.3) is 0 Å². The highest BCUT2D eigenvalue weighted by Crippen LogP contribution is 2.27. The van der Waals surface area contributed by atoms with Gasteiger partial charge in [0.2, 0.25) is 0 Å². The zero-order valence-corrected chi connectivity index (χ0v) is 10.2. The molecule has 0 fully saturated rings. The van der Waals surface area contributed by atoms with Crippen LogP contribution in [0.1, 0.15) is 19.4 Å². The van der Waals surface area contributed by atoms with Crippen molar-refractivity contribution in [2.45, 2.75) is 19.4 Å². The van der Waals surface area contributed by atoms with Crippen LogP contribution >= 0.6 is 0 Å². The fourth-order valence-corrected chi connectivity index (χ4v) is 1.31. The molecule has 1 rings (SSSR count). The third-order valence-electron chi connectivity index (χ3n) is 2.17. The minimum Gasteiger partial charge on any atom is -0.419 e. The molecule has 0 amide bonds. The van der Waals surface area contributed by atoms with E-state index in [0.29, 0.717) is 16.6 Å². The molecule has 0 radical (unpaired) electrons. The maximum Gasteiger partial charge on any atom is 0.161 e. The largest absolute Gasteiger partial charge is 0.419 e. The number of rotatable bonds is 2. The van der Waals surface area contributed by atoms with Gasteiger partial charge >= 0.3 is 0 Å². The fraction of sp³-hybridized carbons (Fsp3) is 0.333. The first kappa shape index (κ1) is 11.3. The Balaban J connectivity index is 3.29. The van der Waals surface area contributed by atoms with E-state index in [9.17, 15) is 13.2 Å². The highest BCUT2D eigenvalue weighted by atomic mass is 28.2. The highest BCUT2D eigenvalue weighted by Gasteiger charge is 2.24. The van der Waals surface area contributed by atoms with Gasteiger partial charge < -0.3 is 4.43 Å². The first-order valence-corrected chi connectivity index (χ1v) is 4.90. The molecule has 0 aliphatic heterocycles. The predicted octanol–water partition coefficient (Wildman–Crippen LogP) is 1.64. The molecule has 78 valence electrons. The summed E-state index contributed by atoms with van der Waals surface area (Å²) in [6, 6.07) is 1.37. The van der Waals surface area contributed by atoms with Crippen LogP contribution in [0, 0.1) is 17.5 Å². The quantitative estimate of drug-likeness (QED) is 0.544. The van der Waals surface area contributed by atoms with Gasteiger partial charge in [-0.05, 0) is 19.9 Å². The lowest BCUT2D eigenvalue weighted by Gasteiger charge is -2.24. The normalized spacial score (nSPS) is 12.1. The van der Waals surface area contributed by atoms with Crippen LogP contribution in [0.5, 0.6) is 0 Å². The molecular formula is C9H11F3OSi. The number of hydrogen-bond acceptors (Lipinski definition) is 1. The van der Waals surface area contributed by atoms with Crippen molar-refractivity contribution in [3.05, 3.63) is 35.1 Å². The van der Waals surface area contributed by atoms with Crippen molar-refractivity contribution in [1.29, 1.82) is 0 Å². The maximum absolute atomic E-state index is 13.2. The molecule has 14 heavy (non-hydrogen) atoms. The Morgan fingerprint density at radius 3 is 2.07 bits per heavy atom. The zero-order valence-electron chi connectivity index (χ0n) is 8.20. The molecule has 1 aromatic carbocycles. The molecule has 0 unspecified atom stereocenters. The summed E-state index contributed by atoms with van der Waals surface area (Å²) in [6.07, 6.45) is 0. The van der Waals surface area contributed by atoms with Gasteiger partial charge in [0.05, 0.1) is 5.60 Å². The van der Waals surface area contributed by atoms with Crippen molar-refractivity contribution in [2.24, 2.45) is 0 Å². The molecule has 5 heteroatoms. The Hall–Kier alpha value is -0.813. The van der Waals surface area contributed by atoms with E-state index >= 15 is 0 Å². The van der Waals surface area contributed by atoms with E-state index in [4.69, 9.17) is 4.43 Å². The Morgan fingerprint density at radius 2 is 1.57 bits per heavy atom. The van der Waals surface area contributed by atoms with E-state index in [1.807, 2.05) is 0 Å². The standard InChI is InChI=1S/C9H11F3OSi/c1-9(2,13-14)5-3-7(11)8(12)4-6(5)10/h3-4H,1-2,14H3. The summed E-state index contributed by atoms with van der Waals surface area (Å²) in [5, 5.41) is 0. The van der Waals surface area contributed by atoms with Crippen LogP contribution in [0.15, 0.2) is 12.1 Å². The van der Waals surface area contributed by atoms with Crippen molar-refractivity contribution in [1.82, 2.24) is 0 Å². The van der Waals surface area contributed by atoms with Crippen LogP contribution in [0.3, 0.4) is 0 Å². The molecule has 0 N–H and O–H groups in total. The average molecular weight is 220 g/mol. The molecule has 0 bridgehead atoms. The lowest BCUT2D eigenvalue weighted by Crippen LogP contribution is -2.22. The van der Waals surface area contributed by atoms with Crippen molar-refractivity contribution in [2.75, 3.05) is 0 Å². The minimum absolute atomic E-state index is 0.0337. The van der Waals surface area contributed by atoms with Crippen LogP contribution in [0.4, 0.5) is 13.2 Å². The topological polar surface area (TPSA) is 9.23 Å². The second-order valence-corrected chi connectivity index (χ2v) is 3.87. The number of hydrogen-bond donors (Lipinski definition) is 0. The Kier molecular flexibility index (Phi) is 3.01. The minimum atomic E-state index is -1.18. The molecule has 0 atom stereocenters. The SMILES string of the molecule is CC(C)(O[SiH3])c1cc(F)c(F)cc1F. The van der Waals surface area contributed by atoms with Crippen molar-refractivity contribution < 1.29 is 17.6 Å². The zero-order chi connectivity index (χ0) is 10.9. The van der Waals surface area contributed by atoms with Gasteiger partial charge in [-0.3, -0.25) is 0 Å². The second-order valence-electron chi connectivity index (χ2n) is 3.46. The highest BCUT2D eigenvalue weighted by molar-refractivity contribution is 5.98. The van der Waals surface area contributed by atoms with E-state index < -0.39 is 23.1 Å². The molecule has 1 aromatic rings. The van der Waals surface area contributed by atoms with Crippen LogP contribution in [-0.2, 0) is 10.0 Å². The van der Waals surface area contributed by atoms with Gasteiger partial charge in [0, 0.05) is 11.6 Å². The summed E-state index contributed by atoms with van der Waals surface area (Å²) in [5.41, 5.74) is -0.878. The van der Waals surface area contributed by atoms with Crippen LogP contribution in [-0.4, -0.2) is 10.5 Å². The maximum atomic E-state index is 13.2. The molecule has 0 aliphatic rings. The molecule has 0 heterocycles. The van der Waals surface area contributed by atoms with E-state index in [1.165, 1.54) is 0 Å². The van der Waals surface area contributed by atoms with Gasteiger partial charge in [-0.2, -0.15) is 0 Å². The van der Waals surface area contributed by atoms with Crippen LogP contribution in [0.25, 0.3) is 0 Å². The van der Waals surface area contributed by atoms with Gasteiger partial charge in [0.1, 0.15) is 16.3 Å². The first-order valence-electron chi connectivity index (χ1n) is 4.08. The molecule has 0 saturated heterocycles. The Morgan fingerprint density at radius 1 is 1.07 bits per heavy atom. The van der Waals surface area contributed by atoms with Gasteiger partial charge in [0.15, 0.2) is 11.6 Å². The molecule has 0 aromatic heterocycles. The summed E-state index contributed by atoms with van der Waals surface area (Å²) in [6.45, 7) is 3.21. The third kappa shape index (κ3) is 1.98. The second kappa shape index (κ2) is 3.74. The molecular weight excluding hydrogens is 209 g/mol. The molecule has 1 nitrogen and oxygen atoms in total. The van der Waals surface area contributed by atoms with E-state index in [1.54, 1.807) is 13.8 Å². The average Bonchev–Trinajstić information content (AvgIpc) is 2.11. The van der Waals surface area contributed by atoms with Gasteiger partial charge in [-0.25, -0.2) is 13.2 Å². The van der Waals surface area contributed by atoms with E-state index in [2.05, 4.69) is 0 Å². The van der Waals surface area contributed by atoms with Gasteiger partial charge in [-0.15, -0.1) is 0 Å². The Labute approximate surface area is 83.4 Å². The molecule has 0 spiro atoms. The fourth-order valence-electron chi connectivity index (χ4n) is 1.09. The van der Waals surface area contributed by atoms with Crippen molar-refractivity contribution in [3.8, 4) is 0 Å². The van der Waals surface area contributed by atoms with Gasteiger partial charge in [-0.1, -0.05) is 0 Å². The summed E-state index contributed by atoms with van der Waals surface area (Å²) in [4.78, 5) is 0. The van der Waals surface area contributed by atoms with Crippen molar-refractivity contribution >= 4 is 10.5 Å². The summed E-state index contributed by atoms with van der Waals surface area (Å²) in [7, 11) is 0.393. The lowest BCUT2D eigenvalue weighted by molar-refractivity contribution is 0.118. The smallest absolute Gasteiger partial charge is 0.161 e. The predicted molar refractivity (Wildman–Crippen MR) is 50.4 cm³/mol. The van der Waals surface area contributed by atoms with E-state index in [0.717, 1.165) is 6.07 Å². The van der Waals surface area contributed by atoms with Crippen LogP contribution < -0.4 is 0 Å². The lowest BCUT2D eigenvalue weighted by atomic mass is 9.98. The third-order valence-corrected chi connectivity index (χ3v) is 3.19. The summed E-state index contributed by atoms with van der Waals surface area (Å²) in [5.74, 6) is -3.03. The van der Waals surface area contributed by atoms with Crippen molar-refractivity contribution in [3.63, 3.8) is 0 Å². The summed E-state index contributed by atoms with van der Waals surface area (Å²) >= 11 is 0. The summed E-state index contributed by atoms with van der Waals surface area (Å²) < 4.78 is 43.8. The number of benzene rings is 1. The van der Waals surface area contributed by atoms with Crippen LogP contribution in [0.2, 0.25) is 0 Å². The first-order chi connectivity index (χ1) is 6.38. The van der Waals surface area contributed by atoms with E-state index in [-0.39, 0.29) is 5.56 Å². The number of halogens is 3. The monoisotopic (exact) mass is 220 g/mol. The molecule has 0 aliphatic carbocycles. The Bertz CT molecular complexity index is 352.